The van der Waals surface area contributed by atoms with E-state index in [1.165, 1.54) is 5.56 Å². The lowest BCUT2D eigenvalue weighted by Crippen LogP contribution is -2.37. The molecule has 0 saturated carbocycles. The zero-order chi connectivity index (χ0) is 22.3. The molecule has 3 nitrogen and oxygen atoms in total. The van der Waals surface area contributed by atoms with Gasteiger partial charge in [0.1, 0.15) is 0 Å². The highest BCUT2D eigenvalue weighted by Crippen LogP contribution is 2.48. The van der Waals surface area contributed by atoms with Gasteiger partial charge in [-0.25, -0.2) is 0 Å². The van der Waals surface area contributed by atoms with E-state index in [2.05, 4.69) is 97.4 Å². The normalized spacial score (nSPS) is 17.1. The minimum absolute atomic E-state index is 0.0167. The number of Topliss-reactive ketones (excluding diaryl/α,β-unsaturated/α-hetero) is 1. The first-order valence-corrected chi connectivity index (χ1v) is 11.2. The first kappa shape index (κ1) is 20.3. The molecule has 0 radical (unpaired) electrons. The van der Waals surface area contributed by atoms with Gasteiger partial charge in [-0.3, -0.25) is 4.79 Å². The van der Waals surface area contributed by atoms with E-state index in [9.17, 15) is 4.79 Å². The number of fused-ring (bicyclic) bond motifs is 1. The van der Waals surface area contributed by atoms with Gasteiger partial charge in [-0.05, 0) is 48.2 Å². The minimum Gasteiger partial charge on any atom is -0.376 e. The van der Waals surface area contributed by atoms with Crippen LogP contribution in [0.1, 0.15) is 47.9 Å². The Bertz CT molecular complexity index is 1250. The van der Waals surface area contributed by atoms with Gasteiger partial charge in [0.2, 0.25) is 0 Å². The molecule has 0 spiro atoms. The van der Waals surface area contributed by atoms with Gasteiger partial charge in [-0.1, -0.05) is 80.1 Å². The van der Waals surface area contributed by atoms with E-state index in [1.807, 2.05) is 24.3 Å². The molecule has 1 atom stereocenters. The summed E-state index contributed by atoms with van der Waals surface area (Å²) in [6, 6.07) is 31.2. The maximum absolute atomic E-state index is 13.3. The molecule has 1 aliphatic carbocycles. The van der Waals surface area contributed by atoms with E-state index in [-0.39, 0.29) is 17.2 Å². The van der Waals surface area contributed by atoms with Crippen molar-refractivity contribution in [3.05, 3.63) is 108 Å². The Hall–Kier alpha value is -3.59. The molecule has 1 N–H and O–H groups in total. The lowest BCUT2D eigenvalue weighted by atomic mass is 9.72. The number of nitrogens with one attached hydrogen (secondary N) is 1. The van der Waals surface area contributed by atoms with Crippen LogP contribution in [0.2, 0.25) is 0 Å². The Morgan fingerprint density at radius 2 is 1.50 bits per heavy atom. The number of rotatable bonds is 4. The van der Waals surface area contributed by atoms with Crippen LogP contribution >= 0.6 is 0 Å². The number of para-hydroxylation sites is 2. The molecule has 1 heterocycles. The van der Waals surface area contributed by atoms with E-state index in [4.69, 9.17) is 0 Å². The predicted molar refractivity (Wildman–Crippen MR) is 131 cm³/mol. The Morgan fingerprint density at radius 3 is 2.16 bits per heavy atom. The standard InChI is InChI=1S/C29H28N2O/c1-20-14-16-21(17-15-20)25-18-24-26(32)19-29(2,3)28(30-22-10-6-4-7-11-22)27(24)31(25)23-12-8-5-9-13-23/h4-18,28,30H,19H2,1-3H3. The van der Waals surface area contributed by atoms with Crippen molar-refractivity contribution in [2.75, 3.05) is 5.32 Å². The summed E-state index contributed by atoms with van der Waals surface area (Å²) >= 11 is 0. The van der Waals surface area contributed by atoms with Crippen molar-refractivity contribution < 1.29 is 4.79 Å². The van der Waals surface area contributed by atoms with Crippen LogP contribution in [0.3, 0.4) is 0 Å². The number of hydrogen-bond donors (Lipinski definition) is 1. The third-order valence-electron chi connectivity index (χ3n) is 6.46. The first-order valence-electron chi connectivity index (χ1n) is 11.2. The number of carbonyl (C=O) groups is 1. The molecule has 0 fully saturated rings. The van der Waals surface area contributed by atoms with Gasteiger partial charge in [0.05, 0.1) is 17.4 Å². The maximum atomic E-state index is 13.3. The van der Waals surface area contributed by atoms with Crippen LogP contribution in [-0.4, -0.2) is 10.4 Å². The molecule has 1 unspecified atom stereocenters. The van der Waals surface area contributed by atoms with Gasteiger partial charge in [0, 0.05) is 23.4 Å². The van der Waals surface area contributed by atoms with E-state index in [1.54, 1.807) is 0 Å². The monoisotopic (exact) mass is 420 g/mol. The average molecular weight is 421 g/mol. The highest BCUT2D eigenvalue weighted by molar-refractivity contribution is 6.01. The summed E-state index contributed by atoms with van der Waals surface area (Å²) in [5.74, 6) is 0.208. The van der Waals surface area contributed by atoms with Crippen molar-refractivity contribution in [1.82, 2.24) is 4.57 Å². The van der Waals surface area contributed by atoms with Gasteiger partial charge in [-0.15, -0.1) is 0 Å². The molecule has 0 bridgehead atoms. The first-order chi connectivity index (χ1) is 15.4. The largest absolute Gasteiger partial charge is 0.376 e. The summed E-state index contributed by atoms with van der Waals surface area (Å²) in [7, 11) is 0. The average Bonchev–Trinajstić information content (AvgIpc) is 3.19. The quantitative estimate of drug-likeness (QED) is 0.378. The van der Waals surface area contributed by atoms with Gasteiger partial charge < -0.3 is 9.88 Å². The Balaban J connectivity index is 1.77. The molecule has 0 aliphatic heterocycles. The maximum Gasteiger partial charge on any atom is 0.165 e. The molecule has 0 amide bonds. The number of carbonyl (C=O) groups excluding carboxylic acids is 1. The number of ketones is 1. The second-order valence-electron chi connectivity index (χ2n) is 9.40. The Labute approximate surface area is 189 Å². The van der Waals surface area contributed by atoms with Crippen molar-refractivity contribution in [3.63, 3.8) is 0 Å². The topological polar surface area (TPSA) is 34.0 Å². The lowest BCUT2D eigenvalue weighted by molar-refractivity contribution is 0.0891. The molecule has 32 heavy (non-hydrogen) atoms. The van der Waals surface area contributed by atoms with Crippen molar-refractivity contribution >= 4 is 11.5 Å². The van der Waals surface area contributed by atoms with E-state index in [0.717, 1.165) is 33.9 Å². The summed E-state index contributed by atoms with van der Waals surface area (Å²) in [6.07, 6.45) is 0.511. The molecule has 1 aromatic heterocycles. The third-order valence-corrected chi connectivity index (χ3v) is 6.46. The van der Waals surface area contributed by atoms with Crippen LogP contribution < -0.4 is 5.32 Å². The zero-order valence-electron chi connectivity index (χ0n) is 18.8. The third kappa shape index (κ3) is 3.54. The van der Waals surface area contributed by atoms with Gasteiger partial charge in [0.25, 0.3) is 0 Å². The molecule has 5 rings (SSSR count). The minimum atomic E-state index is -0.241. The van der Waals surface area contributed by atoms with Gasteiger partial charge in [-0.2, -0.15) is 0 Å². The smallest absolute Gasteiger partial charge is 0.165 e. The molecule has 160 valence electrons. The van der Waals surface area contributed by atoms with Gasteiger partial charge in [0.15, 0.2) is 5.78 Å². The number of benzene rings is 3. The fourth-order valence-corrected chi connectivity index (χ4v) is 4.77. The number of aryl methyl sites for hydroxylation is 1. The molecule has 3 heteroatoms. The summed E-state index contributed by atoms with van der Waals surface area (Å²) < 4.78 is 2.28. The van der Waals surface area contributed by atoms with Crippen LogP contribution in [-0.2, 0) is 0 Å². The molecule has 4 aromatic rings. The molecule has 3 aromatic carbocycles. The van der Waals surface area contributed by atoms with Crippen LogP contribution in [0, 0.1) is 12.3 Å². The fourth-order valence-electron chi connectivity index (χ4n) is 4.77. The van der Waals surface area contributed by atoms with Crippen molar-refractivity contribution in [3.8, 4) is 16.9 Å². The molecular formula is C29H28N2O. The predicted octanol–water partition coefficient (Wildman–Crippen LogP) is 7.22. The molecule has 1 aliphatic rings. The SMILES string of the molecule is Cc1ccc(-c2cc3c(n2-c2ccccc2)C(Nc2ccccc2)C(C)(C)CC3=O)cc1. The second-order valence-corrected chi connectivity index (χ2v) is 9.40. The number of anilines is 1. The van der Waals surface area contributed by atoms with Crippen molar-refractivity contribution in [1.29, 1.82) is 0 Å². The highest BCUT2D eigenvalue weighted by atomic mass is 16.1. The van der Waals surface area contributed by atoms with Gasteiger partial charge >= 0.3 is 0 Å². The number of aromatic nitrogens is 1. The van der Waals surface area contributed by atoms with Crippen LogP contribution in [0.25, 0.3) is 16.9 Å². The number of nitrogens with zero attached hydrogens (tertiary/aromatic N) is 1. The van der Waals surface area contributed by atoms with Crippen molar-refractivity contribution in [2.24, 2.45) is 5.41 Å². The van der Waals surface area contributed by atoms with E-state index < -0.39 is 0 Å². The second kappa shape index (κ2) is 7.83. The van der Waals surface area contributed by atoms with Crippen LogP contribution in [0.5, 0.6) is 0 Å². The van der Waals surface area contributed by atoms with Crippen LogP contribution in [0.4, 0.5) is 5.69 Å². The summed E-state index contributed by atoms with van der Waals surface area (Å²) in [6.45, 7) is 6.46. The summed E-state index contributed by atoms with van der Waals surface area (Å²) in [5.41, 5.74) is 7.12. The number of hydrogen-bond acceptors (Lipinski definition) is 2. The fraction of sp³-hybridized carbons (Fsp3) is 0.207. The molecular weight excluding hydrogens is 392 g/mol. The Morgan fingerprint density at radius 1 is 0.875 bits per heavy atom. The summed E-state index contributed by atoms with van der Waals surface area (Å²) in [4.78, 5) is 13.3. The zero-order valence-corrected chi connectivity index (χ0v) is 18.8. The highest BCUT2D eigenvalue weighted by Gasteiger charge is 2.43. The van der Waals surface area contributed by atoms with E-state index >= 15 is 0 Å². The molecule has 0 saturated heterocycles. The lowest BCUT2D eigenvalue weighted by Gasteiger charge is -2.40. The van der Waals surface area contributed by atoms with Crippen molar-refractivity contribution in [2.45, 2.75) is 33.2 Å². The summed E-state index contributed by atoms with van der Waals surface area (Å²) in [5, 5.41) is 3.76. The van der Waals surface area contributed by atoms with E-state index in [0.29, 0.717) is 6.42 Å². The Kier molecular flexibility index (Phi) is 4.97. The van der Waals surface area contributed by atoms with Crippen LogP contribution in [0.15, 0.2) is 91.0 Å².